The molecule has 0 radical (unpaired) electrons. The van der Waals surface area contributed by atoms with Crippen LogP contribution >= 0.6 is 11.6 Å². The predicted molar refractivity (Wildman–Crippen MR) is 72.3 cm³/mol. The first-order valence-electron chi connectivity index (χ1n) is 5.64. The van der Waals surface area contributed by atoms with Crippen molar-refractivity contribution in [1.29, 1.82) is 0 Å². The van der Waals surface area contributed by atoms with Gasteiger partial charge in [-0.2, -0.15) is 4.98 Å². The lowest BCUT2D eigenvalue weighted by Gasteiger charge is -1.97. The molecule has 0 amide bonds. The molecule has 0 aliphatic rings. The van der Waals surface area contributed by atoms with E-state index in [2.05, 4.69) is 15.1 Å². The molecule has 0 spiro atoms. The van der Waals surface area contributed by atoms with E-state index in [1.807, 2.05) is 0 Å². The summed E-state index contributed by atoms with van der Waals surface area (Å²) in [5, 5.41) is 4.02. The summed E-state index contributed by atoms with van der Waals surface area (Å²) in [5.41, 5.74) is 7.07. The number of benzene rings is 1. The van der Waals surface area contributed by atoms with Gasteiger partial charge in [0.05, 0.1) is 16.9 Å². The van der Waals surface area contributed by atoms with Crippen molar-refractivity contribution in [3.8, 4) is 23.0 Å². The Morgan fingerprint density at radius 1 is 1.20 bits per heavy atom. The van der Waals surface area contributed by atoms with E-state index in [-0.39, 0.29) is 16.7 Å². The zero-order valence-corrected chi connectivity index (χ0v) is 10.8. The Morgan fingerprint density at radius 3 is 2.75 bits per heavy atom. The largest absolute Gasteiger partial charge is 0.397 e. The van der Waals surface area contributed by atoms with Gasteiger partial charge in [-0.3, -0.25) is 0 Å². The molecule has 3 rings (SSSR count). The van der Waals surface area contributed by atoms with Crippen LogP contribution in [-0.2, 0) is 0 Å². The van der Waals surface area contributed by atoms with Crippen molar-refractivity contribution in [2.45, 2.75) is 0 Å². The third-order valence-corrected chi connectivity index (χ3v) is 2.92. The van der Waals surface area contributed by atoms with Gasteiger partial charge in [0.2, 0.25) is 5.82 Å². The monoisotopic (exact) mass is 290 g/mol. The Hall–Kier alpha value is -2.47. The van der Waals surface area contributed by atoms with Crippen LogP contribution in [0.25, 0.3) is 23.0 Å². The van der Waals surface area contributed by atoms with Crippen LogP contribution in [-0.4, -0.2) is 15.1 Å². The van der Waals surface area contributed by atoms with Crippen LogP contribution in [0.1, 0.15) is 0 Å². The first-order valence-corrected chi connectivity index (χ1v) is 6.02. The van der Waals surface area contributed by atoms with Gasteiger partial charge in [0.25, 0.3) is 5.89 Å². The third-order valence-electron chi connectivity index (χ3n) is 2.60. The number of pyridine rings is 1. The van der Waals surface area contributed by atoms with E-state index in [0.29, 0.717) is 16.9 Å². The average Bonchev–Trinajstić information content (AvgIpc) is 2.89. The van der Waals surface area contributed by atoms with E-state index >= 15 is 0 Å². The number of hydrogen-bond donors (Lipinski definition) is 1. The molecule has 2 aromatic heterocycles. The molecule has 0 atom stereocenters. The van der Waals surface area contributed by atoms with Crippen molar-refractivity contribution in [1.82, 2.24) is 15.1 Å². The molecule has 20 heavy (non-hydrogen) atoms. The first kappa shape index (κ1) is 12.6. The molecule has 0 bridgehead atoms. The van der Waals surface area contributed by atoms with E-state index < -0.39 is 5.82 Å². The minimum absolute atomic E-state index is 0.211. The normalized spacial score (nSPS) is 10.7. The molecule has 100 valence electrons. The van der Waals surface area contributed by atoms with E-state index in [1.54, 1.807) is 12.1 Å². The molecule has 0 unspecified atom stereocenters. The minimum atomic E-state index is -0.428. The van der Waals surface area contributed by atoms with Crippen molar-refractivity contribution in [3.63, 3.8) is 0 Å². The zero-order chi connectivity index (χ0) is 14.1. The molecule has 0 saturated heterocycles. The van der Waals surface area contributed by atoms with Crippen LogP contribution in [0.2, 0.25) is 5.02 Å². The van der Waals surface area contributed by atoms with Crippen LogP contribution in [0.5, 0.6) is 0 Å². The van der Waals surface area contributed by atoms with Crippen molar-refractivity contribution >= 4 is 17.3 Å². The standard InChI is InChI=1S/C13H8ClFN4O/c14-10-5-7(15)1-3-9(10)12-18-13(20-19-12)11-4-2-8(16)6-17-11/h1-6H,16H2. The van der Waals surface area contributed by atoms with Gasteiger partial charge in [0.15, 0.2) is 0 Å². The fraction of sp³-hybridized carbons (Fsp3) is 0. The fourth-order valence-corrected chi connectivity index (χ4v) is 1.89. The van der Waals surface area contributed by atoms with E-state index in [9.17, 15) is 4.39 Å². The SMILES string of the molecule is Nc1ccc(-c2nc(-c3ccc(F)cc3Cl)no2)nc1. The number of hydrogen-bond acceptors (Lipinski definition) is 5. The lowest BCUT2D eigenvalue weighted by Crippen LogP contribution is -1.88. The molecule has 1 aromatic carbocycles. The lowest BCUT2D eigenvalue weighted by molar-refractivity contribution is 0.431. The molecule has 0 saturated carbocycles. The Labute approximate surface area is 118 Å². The first-order chi connectivity index (χ1) is 9.63. The number of anilines is 1. The summed E-state index contributed by atoms with van der Waals surface area (Å²) in [6.45, 7) is 0. The van der Waals surface area contributed by atoms with Gasteiger partial charge in [-0.05, 0) is 30.3 Å². The zero-order valence-electron chi connectivity index (χ0n) is 10.0. The van der Waals surface area contributed by atoms with Gasteiger partial charge in [0, 0.05) is 5.56 Å². The van der Waals surface area contributed by atoms with Crippen LogP contribution in [0.4, 0.5) is 10.1 Å². The summed E-state index contributed by atoms with van der Waals surface area (Å²) in [5.74, 6) is 0.0756. The topological polar surface area (TPSA) is 77.8 Å². The van der Waals surface area contributed by atoms with Gasteiger partial charge < -0.3 is 10.3 Å². The Bertz CT molecular complexity index is 757. The second kappa shape index (κ2) is 4.90. The van der Waals surface area contributed by atoms with Crippen molar-refractivity contribution < 1.29 is 8.91 Å². The van der Waals surface area contributed by atoms with Crippen LogP contribution in [0.15, 0.2) is 41.1 Å². The van der Waals surface area contributed by atoms with Crippen LogP contribution < -0.4 is 5.73 Å². The molecule has 7 heteroatoms. The molecule has 2 N–H and O–H groups in total. The Kier molecular flexibility index (Phi) is 3.08. The van der Waals surface area contributed by atoms with E-state index in [4.69, 9.17) is 21.9 Å². The van der Waals surface area contributed by atoms with Crippen LogP contribution in [0, 0.1) is 5.82 Å². The molecule has 5 nitrogen and oxygen atoms in total. The summed E-state index contributed by atoms with van der Waals surface area (Å²) in [7, 11) is 0. The summed E-state index contributed by atoms with van der Waals surface area (Å²) < 4.78 is 18.1. The van der Waals surface area contributed by atoms with Gasteiger partial charge >= 0.3 is 0 Å². The third kappa shape index (κ3) is 2.33. The maximum Gasteiger partial charge on any atom is 0.276 e. The summed E-state index contributed by atoms with van der Waals surface area (Å²) in [6.07, 6.45) is 1.49. The van der Waals surface area contributed by atoms with Gasteiger partial charge in [-0.15, -0.1) is 0 Å². The second-order valence-corrected chi connectivity index (χ2v) is 4.43. The van der Waals surface area contributed by atoms with Gasteiger partial charge in [-0.1, -0.05) is 16.8 Å². The number of nitrogens with zero attached hydrogens (tertiary/aromatic N) is 3. The predicted octanol–water partition coefficient (Wildman–Crippen LogP) is 3.17. The molecule has 0 aliphatic carbocycles. The Morgan fingerprint density at radius 2 is 2.05 bits per heavy atom. The van der Waals surface area contributed by atoms with Crippen LogP contribution in [0.3, 0.4) is 0 Å². The summed E-state index contributed by atoms with van der Waals surface area (Å²) in [4.78, 5) is 8.26. The van der Waals surface area contributed by atoms with E-state index in [0.717, 1.165) is 0 Å². The molecule has 0 aliphatic heterocycles. The molecular weight excluding hydrogens is 283 g/mol. The fourth-order valence-electron chi connectivity index (χ4n) is 1.64. The highest BCUT2D eigenvalue weighted by Crippen LogP contribution is 2.27. The number of halogens is 2. The highest BCUT2D eigenvalue weighted by atomic mass is 35.5. The number of rotatable bonds is 2. The molecule has 2 heterocycles. The highest BCUT2D eigenvalue weighted by Gasteiger charge is 2.14. The average molecular weight is 291 g/mol. The minimum Gasteiger partial charge on any atom is -0.397 e. The molecule has 3 aromatic rings. The number of aromatic nitrogens is 3. The van der Waals surface area contributed by atoms with Gasteiger partial charge in [0.1, 0.15) is 11.5 Å². The highest BCUT2D eigenvalue weighted by molar-refractivity contribution is 6.33. The quantitative estimate of drug-likeness (QED) is 0.784. The van der Waals surface area contributed by atoms with Gasteiger partial charge in [-0.25, -0.2) is 9.37 Å². The van der Waals surface area contributed by atoms with E-state index in [1.165, 1.54) is 24.4 Å². The Balaban J connectivity index is 1.99. The van der Waals surface area contributed by atoms with Crippen molar-refractivity contribution in [2.24, 2.45) is 0 Å². The maximum atomic E-state index is 13.0. The van der Waals surface area contributed by atoms with Crippen molar-refractivity contribution in [2.75, 3.05) is 5.73 Å². The smallest absolute Gasteiger partial charge is 0.276 e. The number of nitrogen functional groups attached to an aromatic ring is 1. The molecule has 0 fully saturated rings. The molecular formula is C13H8ClFN4O. The maximum absolute atomic E-state index is 13.0. The van der Waals surface area contributed by atoms with Crippen molar-refractivity contribution in [3.05, 3.63) is 47.4 Å². The lowest BCUT2D eigenvalue weighted by atomic mass is 10.2. The summed E-state index contributed by atoms with van der Waals surface area (Å²) in [6, 6.07) is 7.30. The summed E-state index contributed by atoms with van der Waals surface area (Å²) >= 11 is 5.95. The number of nitrogens with two attached hydrogens (primary N) is 1. The second-order valence-electron chi connectivity index (χ2n) is 4.02.